The second-order valence-electron chi connectivity index (χ2n) is 19.3. The molecule has 3 unspecified atom stereocenters. The lowest BCUT2D eigenvalue weighted by Crippen LogP contribution is -2.41. The number of anilines is 3. The van der Waals surface area contributed by atoms with Gasteiger partial charge in [0.2, 0.25) is 0 Å². The molecule has 1 heteroatoms. The van der Waals surface area contributed by atoms with Crippen molar-refractivity contribution in [2.45, 2.75) is 51.9 Å². The Morgan fingerprint density at radius 2 is 1.16 bits per heavy atom. The average Bonchev–Trinajstić information content (AvgIpc) is 3.66. The molecular formula is C61H51N. The van der Waals surface area contributed by atoms with Crippen LogP contribution in [0.15, 0.2) is 199 Å². The number of fused-ring (bicyclic) bond motifs is 8. The highest BCUT2D eigenvalue weighted by molar-refractivity contribution is 5.95. The van der Waals surface area contributed by atoms with Crippen molar-refractivity contribution in [3.63, 3.8) is 0 Å². The molecule has 5 aliphatic rings. The molecule has 12 rings (SSSR count). The van der Waals surface area contributed by atoms with Gasteiger partial charge in [0, 0.05) is 39.7 Å². The predicted molar refractivity (Wildman–Crippen MR) is 261 cm³/mol. The Bertz CT molecular complexity index is 3280. The maximum absolute atomic E-state index is 2.66. The molecule has 0 bridgehead atoms. The molecule has 62 heavy (non-hydrogen) atoms. The zero-order chi connectivity index (χ0) is 41.9. The van der Waals surface area contributed by atoms with E-state index in [1.807, 2.05) is 0 Å². The number of nitrogens with zero attached hydrogens (tertiary/aromatic N) is 1. The minimum atomic E-state index is -0.226. The minimum Gasteiger partial charge on any atom is -0.310 e. The standard InChI is InChI=1S/C61H51N/c1-38-18-12-15-25-45(38)59-52-36-56-48(46-26-16-17-27-54(46)60(56,2)3)34-50(52)58(40-20-8-6-9-21-40)51-35-49-47-31-30-44(33-55(47)61(4,5)57(49)37-53(51)59)62(42-23-10-7-11-24-42)43-29-28-39-19-13-14-22-41(39)32-43/h6-33,35-38,45,50H,34H2,1-5H3. The Balaban J connectivity index is 1.11. The first kappa shape index (κ1) is 37.1. The fraction of sp³-hybridized carbons (Fsp3) is 0.180. The van der Waals surface area contributed by atoms with Crippen molar-refractivity contribution < 1.29 is 0 Å². The Morgan fingerprint density at radius 3 is 1.97 bits per heavy atom. The number of benzene rings is 7. The van der Waals surface area contributed by atoms with Crippen LogP contribution in [0.2, 0.25) is 0 Å². The van der Waals surface area contributed by atoms with E-state index in [1.165, 1.54) is 93.7 Å². The molecule has 0 radical (unpaired) electrons. The van der Waals surface area contributed by atoms with Crippen molar-refractivity contribution in [3.05, 3.63) is 238 Å². The van der Waals surface area contributed by atoms with Gasteiger partial charge in [0.05, 0.1) is 0 Å². The molecule has 0 saturated heterocycles. The molecule has 1 nitrogen and oxygen atoms in total. The second-order valence-corrected chi connectivity index (χ2v) is 19.3. The molecule has 7 aromatic carbocycles. The van der Waals surface area contributed by atoms with Gasteiger partial charge >= 0.3 is 0 Å². The number of rotatable bonds is 5. The van der Waals surface area contributed by atoms with Gasteiger partial charge in [0.15, 0.2) is 0 Å². The van der Waals surface area contributed by atoms with E-state index in [1.54, 1.807) is 0 Å². The van der Waals surface area contributed by atoms with Crippen molar-refractivity contribution in [3.8, 4) is 11.1 Å². The molecule has 0 fully saturated rings. The summed E-state index contributed by atoms with van der Waals surface area (Å²) in [6.07, 6.45) is 13.1. The SMILES string of the molecule is CC1C=CC=CC1C1=c2cc3c(cc2=C(c2ccccc2)C2CC4=C(C=C12)C(C)(C)c1ccccc14)-c1ccc(N(c2ccccc2)c2ccc4ccccc4c2)cc1C3(C)C. The van der Waals surface area contributed by atoms with Crippen LogP contribution in [-0.4, -0.2) is 0 Å². The highest BCUT2D eigenvalue weighted by Crippen LogP contribution is 2.57. The Labute approximate surface area is 366 Å². The van der Waals surface area contributed by atoms with Gasteiger partial charge < -0.3 is 4.90 Å². The van der Waals surface area contributed by atoms with E-state index in [0.29, 0.717) is 5.92 Å². The van der Waals surface area contributed by atoms with Crippen LogP contribution in [0.3, 0.4) is 0 Å². The zero-order valence-corrected chi connectivity index (χ0v) is 36.3. The molecule has 0 saturated carbocycles. The molecule has 0 N–H and O–H groups in total. The van der Waals surface area contributed by atoms with Gasteiger partial charge in [-0.1, -0.05) is 174 Å². The third-order valence-electron chi connectivity index (χ3n) is 15.1. The second kappa shape index (κ2) is 13.7. The molecule has 0 amide bonds. The van der Waals surface area contributed by atoms with E-state index in [0.717, 1.165) is 17.8 Å². The van der Waals surface area contributed by atoms with E-state index in [-0.39, 0.29) is 22.7 Å². The van der Waals surface area contributed by atoms with Crippen LogP contribution in [0, 0.1) is 17.8 Å². The van der Waals surface area contributed by atoms with Crippen molar-refractivity contribution in [2.75, 3.05) is 4.90 Å². The van der Waals surface area contributed by atoms with E-state index < -0.39 is 0 Å². The van der Waals surface area contributed by atoms with Gasteiger partial charge in [-0.05, 0) is 149 Å². The first-order valence-electron chi connectivity index (χ1n) is 22.6. The van der Waals surface area contributed by atoms with Crippen LogP contribution in [0.4, 0.5) is 17.1 Å². The van der Waals surface area contributed by atoms with Crippen LogP contribution >= 0.6 is 0 Å². The van der Waals surface area contributed by atoms with Gasteiger partial charge in [-0.25, -0.2) is 0 Å². The highest BCUT2D eigenvalue weighted by atomic mass is 15.1. The van der Waals surface area contributed by atoms with Crippen LogP contribution in [0.25, 0.3) is 38.6 Å². The lowest BCUT2D eigenvalue weighted by molar-refractivity contribution is 0.602. The molecule has 0 aromatic heterocycles. The molecule has 0 spiro atoms. The fourth-order valence-corrected chi connectivity index (χ4v) is 12.0. The zero-order valence-electron chi connectivity index (χ0n) is 36.3. The Hall–Kier alpha value is -6.70. The van der Waals surface area contributed by atoms with Crippen molar-refractivity contribution in [1.29, 1.82) is 0 Å². The lowest BCUT2D eigenvalue weighted by Gasteiger charge is -2.38. The van der Waals surface area contributed by atoms with Crippen LogP contribution < -0.4 is 15.3 Å². The summed E-state index contributed by atoms with van der Waals surface area (Å²) >= 11 is 0. The molecule has 7 aromatic rings. The molecule has 3 atom stereocenters. The summed E-state index contributed by atoms with van der Waals surface area (Å²) in [6.45, 7) is 12.2. The molecule has 5 aliphatic carbocycles. The third kappa shape index (κ3) is 5.40. The maximum atomic E-state index is 2.66. The summed E-state index contributed by atoms with van der Waals surface area (Å²) in [5, 5.41) is 5.29. The number of para-hydroxylation sites is 1. The summed E-state index contributed by atoms with van der Waals surface area (Å²) in [5.41, 5.74) is 20.4. The number of allylic oxidation sites excluding steroid dienone is 8. The van der Waals surface area contributed by atoms with Gasteiger partial charge in [-0.2, -0.15) is 0 Å². The first-order valence-corrected chi connectivity index (χ1v) is 22.6. The van der Waals surface area contributed by atoms with Crippen molar-refractivity contribution in [2.24, 2.45) is 17.8 Å². The van der Waals surface area contributed by atoms with E-state index in [9.17, 15) is 0 Å². The summed E-state index contributed by atoms with van der Waals surface area (Å²) in [7, 11) is 0. The summed E-state index contributed by atoms with van der Waals surface area (Å²) < 4.78 is 0. The Kier molecular flexibility index (Phi) is 8.17. The summed E-state index contributed by atoms with van der Waals surface area (Å²) in [4.78, 5) is 2.43. The molecule has 300 valence electrons. The minimum absolute atomic E-state index is 0.0596. The van der Waals surface area contributed by atoms with Gasteiger partial charge in [-0.3, -0.25) is 0 Å². The fourth-order valence-electron chi connectivity index (χ4n) is 12.0. The molecule has 0 heterocycles. The topological polar surface area (TPSA) is 3.24 Å². The van der Waals surface area contributed by atoms with Gasteiger partial charge in [0.1, 0.15) is 0 Å². The highest BCUT2D eigenvalue weighted by Gasteiger charge is 2.44. The lowest BCUT2D eigenvalue weighted by atomic mass is 9.65. The van der Waals surface area contributed by atoms with E-state index in [4.69, 9.17) is 0 Å². The molecular weight excluding hydrogens is 747 g/mol. The summed E-state index contributed by atoms with van der Waals surface area (Å²) in [5.74, 6) is 0.895. The maximum Gasteiger partial charge on any atom is 0.0468 e. The van der Waals surface area contributed by atoms with Gasteiger partial charge in [0.25, 0.3) is 0 Å². The van der Waals surface area contributed by atoms with E-state index >= 15 is 0 Å². The Morgan fingerprint density at radius 1 is 0.500 bits per heavy atom. The number of hydrogen-bond donors (Lipinski definition) is 0. The number of hydrogen-bond acceptors (Lipinski definition) is 1. The smallest absolute Gasteiger partial charge is 0.0468 e. The van der Waals surface area contributed by atoms with E-state index in [2.05, 4.69) is 228 Å². The quantitative estimate of drug-likeness (QED) is 0.168. The monoisotopic (exact) mass is 797 g/mol. The van der Waals surface area contributed by atoms with Crippen LogP contribution in [-0.2, 0) is 10.8 Å². The third-order valence-corrected chi connectivity index (χ3v) is 15.1. The van der Waals surface area contributed by atoms with Crippen molar-refractivity contribution >= 4 is 44.6 Å². The van der Waals surface area contributed by atoms with Crippen LogP contribution in [0.5, 0.6) is 0 Å². The average molecular weight is 798 g/mol. The largest absolute Gasteiger partial charge is 0.310 e. The van der Waals surface area contributed by atoms with Crippen LogP contribution in [0.1, 0.15) is 68.9 Å². The van der Waals surface area contributed by atoms with Gasteiger partial charge in [-0.15, -0.1) is 0 Å². The normalized spacial score (nSPS) is 20.9. The predicted octanol–water partition coefficient (Wildman–Crippen LogP) is 14.0. The van der Waals surface area contributed by atoms with Crippen molar-refractivity contribution in [1.82, 2.24) is 0 Å². The first-order chi connectivity index (χ1) is 30.2. The summed E-state index contributed by atoms with van der Waals surface area (Å²) in [6, 6.07) is 59.4. The molecule has 0 aliphatic heterocycles.